The first-order valence-electron chi connectivity index (χ1n) is 12.8. The number of nitrogens with one attached hydrogen (secondary N) is 1. The number of nitrogens with two attached hydrogens (primary N) is 1. The monoisotopic (exact) mass is 563 g/mol. The fourth-order valence-corrected chi connectivity index (χ4v) is 6.22. The molecule has 1 aliphatic heterocycles. The summed E-state index contributed by atoms with van der Waals surface area (Å²) in [6, 6.07) is 11.0. The Morgan fingerprint density at radius 2 is 2.00 bits per heavy atom. The van der Waals surface area contributed by atoms with E-state index in [1.807, 2.05) is 0 Å². The Hall–Kier alpha value is -2.61. The van der Waals surface area contributed by atoms with E-state index in [1.54, 1.807) is 56.3 Å². The van der Waals surface area contributed by atoms with Crippen LogP contribution in [0.15, 0.2) is 48.8 Å². The quantitative estimate of drug-likeness (QED) is 0.168. The molecule has 212 valence electrons. The van der Waals surface area contributed by atoms with Gasteiger partial charge in [0, 0.05) is 0 Å². The molecule has 1 saturated heterocycles. The first-order chi connectivity index (χ1) is 18.6. The van der Waals surface area contributed by atoms with Gasteiger partial charge in [-0.05, 0) is 57.4 Å². The standard InChI is InChI=1S/C25H34N5O8P/c1-15(24(33)36-16-9-6-10-16)29-39(34,38-17-7-4-3-5-8-17)35-13-19-21(31)22(32)25(2,37-19)20-12-11-18-23(26)27-14-28-30(18)20/h3-5,7-8,11-12,14-16,19,21-22,24,31-33H,6,9-10,13H2,1-2H3,(H,29,34)(H2,26,27,28)/t15-,19+,21+,22+,24?,25-,39?/m0/s1. The second-order valence-electron chi connectivity index (χ2n) is 10.1. The fraction of sp³-hybridized carbons (Fsp3) is 0.520. The van der Waals surface area contributed by atoms with Crippen LogP contribution in [0.4, 0.5) is 5.82 Å². The predicted molar refractivity (Wildman–Crippen MR) is 140 cm³/mol. The van der Waals surface area contributed by atoms with Gasteiger partial charge in [-0.15, -0.1) is 0 Å². The summed E-state index contributed by atoms with van der Waals surface area (Å²) in [7, 11) is -4.14. The Kier molecular flexibility index (Phi) is 7.96. The van der Waals surface area contributed by atoms with E-state index in [9.17, 15) is 19.9 Å². The summed E-state index contributed by atoms with van der Waals surface area (Å²) in [5.41, 5.74) is 5.48. The van der Waals surface area contributed by atoms with E-state index >= 15 is 0 Å². The van der Waals surface area contributed by atoms with Gasteiger partial charge in [-0.3, -0.25) is 4.52 Å². The van der Waals surface area contributed by atoms with Crippen molar-refractivity contribution in [3.63, 3.8) is 0 Å². The minimum atomic E-state index is -4.14. The molecule has 1 aromatic carbocycles. The van der Waals surface area contributed by atoms with Crippen LogP contribution >= 0.6 is 7.75 Å². The number of hydrogen-bond donors (Lipinski definition) is 5. The summed E-state index contributed by atoms with van der Waals surface area (Å²) in [6.45, 7) is 2.80. The summed E-state index contributed by atoms with van der Waals surface area (Å²) >= 11 is 0. The number of aromatic nitrogens is 3. The molecule has 1 saturated carbocycles. The molecule has 2 aromatic heterocycles. The molecule has 0 amide bonds. The van der Waals surface area contributed by atoms with Gasteiger partial charge in [-0.25, -0.2) is 19.2 Å². The number of nitrogen functional groups attached to an aromatic ring is 1. The number of ether oxygens (including phenoxy) is 2. The van der Waals surface area contributed by atoms with E-state index in [2.05, 4.69) is 15.2 Å². The lowest BCUT2D eigenvalue weighted by Crippen LogP contribution is -2.42. The molecule has 0 radical (unpaired) electrons. The van der Waals surface area contributed by atoms with Crippen molar-refractivity contribution in [2.45, 2.75) is 75.5 Å². The first kappa shape index (κ1) is 27.9. The van der Waals surface area contributed by atoms with Gasteiger partial charge in [-0.2, -0.15) is 5.10 Å². The topological polar surface area (TPSA) is 183 Å². The van der Waals surface area contributed by atoms with Gasteiger partial charge in [0.2, 0.25) is 0 Å². The number of para-hydroxylation sites is 1. The van der Waals surface area contributed by atoms with Crippen molar-refractivity contribution < 1.29 is 38.4 Å². The maximum absolute atomic E-state index is 13.9. The second-order valence-corrected chi connectivity index (χ2v) is 11.7. The van der Waals surface area contributed by atoms with Crippen molar-refractivity contribution in [1.29, 1.82) is 0 Å². The molecule has 14 heteroatoms. The highest BCUT2D eigenvalue weighted by Gasteiger charge is 2.54. The van der Waals surface area contributed by atoms with E-state index in [-0.39, 0.29) is 17.7 Å². The van der Waals surface area contributed by atoms with Crippen LogP contribution in [-0.4, -0.2) is 73.3 Å². The normalized spacial score (nSPS) is 28.6. The van der Waals surface area contributed by atoms with Crippen LogP contribution in [0, 0.1) is 0 Å². The maximum Gasteiger partial charge on any atom is 0.459 e. The molecule has 39 heavy (non-hydrogen) atoms. The van der Waals surface area contributed by atoms with E-state index in [0.29, 0.717) is 11.2 Å². The summed E-state index contributed by atoms with van der Waals surface area (Å²) in [6.07, 6.45) is -1.14. The number of aliphatic hydroxyl groups is 3. The van der Waals surface area contributed by atoms with Crippen LogP contribution in [0.1, 0.15) is 38.8 Å². The Labute approximate surface area is 225 Å². The molecule has 13 nitrogen and oxygen atoms in total. The maximum atomic E-state index is 13.9. The van der Waals surface area contributed by atoms with Gasteiger partial charge in [-0.1, -0.05) is 18.2 Å². The summed E-state index contributed by atoms with van der Waals surface area (Å²) < 4.78 is 38.5. The summed E-state index contributed by atoms with van der Waals surface area (Å²) in [5.74, 6) is 0.514. The molecule has 3 aromatic rings. The highest BCUT2D eigenvalue weighted by molar-refractivity contribution is 7.52. The van der Waals surface area contributed by atoms with Crippen LogP contribution in [0.25, 0.3) is 5.52 Å². The van der Waals surface area contributed by atoms with Crippen molar-refractivity contribution in [3.8, 4) is 5.75 Å². The minimum Gasteiger partial charge on any atom is -0.413 e. The lowest BCUT2D eigenvalue weighted by Gasteiger charge is -2.32. The average Bonchev–Trinajstić information content (AvgIpc) is 3.42. The predicted octanol–water partition coefficient (Wildman–Crippen LogP) is 1.72. The number of benzene rings is 1. The molecule has 1 aliphatic carbocycles. The highest BCUT2D eigenvalue weighted by atomic mass is 31.2. The van der Waals surface area contributed by atoms with Gasteiger partial charge in [0.1, 0.15) is 41.5 Å². The molecular weight excluding hydrogens is 529 g/mol. The zero-order valence-corrected chi connectivity index (χ0v) is 22.6. The number of anilines is 1. The van der Waals surface area contributed by atoms with Gasteiger partial charge in [0.25, 0.3) is 0 Å². The molecule has 2 aliphatic rings. The van der Waals surface area contributed by atoms with Crippen LogP contribution in [0.2, 0.25) is 0 Å². The first-order valence-corrected chi connectivity index (χ1v) is 14.4. The molecular formula is C25H34N5O8P. The Balaban J connectivity index is 1.32. The van der Waals surface area contributed by atoms with Crippen LogP contribution in [0.5, 0.6) is 5.75 Å². The fourth-order valence-electron chi connectivity index (χ4n) is 4.67. The molecule has 2 fully saturated rings. The molecule has 2 unspecified atom stereocenters. The lowest BCUT2D eigenvalue weighted by atomic mass is 9.93. The highest BCUT2D eigenvalue weighted by Crippen LogP contribution is 2.47. The molecule has 0 spiro atoms. The molecule has 5 rings (SSSR count). The third kappa shape index (κ3) is 5.67. The number of aliphatic hydroxyl groups excluding tert-OH is 3. The van der Waals surface area contributed by atoms with Crippen LogP contribution in [-0.2, 0) is 24.2 Å². The van der Waals surface area contributed by atoms with Gasteiger partial charge in [0.15, 0.2) is 12.1 Å². The van der Waals surface area contributed by atoms with Gasteiger partial charge >= 0.3 is 7.75 Å². The molecule has 3 heterocycles. The Bertz CT molecular complexity index is 1320. The van der Waals surface area contributed by atoms with Crippen LogP contribution in [0.3, 0.4) is 0 Å². The van der Waals surface area contributed by atoms with E-state index in [0.717, 1.165) is 19.3 Å². The number of nitrogens with zero attached hydrogens (tertiary/aromatic N) is 3. The third-order valence-corrected chi connectivity index (χ3v) is 8.87. The van der Waals surface area contributed by atoms with Crippen molar-refractivity contribution >= 4 is 19.1 Å². The van der Waals surface area contributed by atoms with Gasteiger partial charge < -0.3 is 35.1 Å². The Morgan fingerprint density at radius 3 is 2.69 bits per heavy atom. The van der Waals surface area contributed by atoms with E-state index in [4.69, 9.17) is 24.3 Å². The third-order valence-electron chi connectivity index (χ3n) is 7.21. The lowest BCUT2D eigenvalue weighted by molar-refractivity contribution is -0.166. The Morgan fingerprint density at radius 1 is 1.26 bits per heavy atom. The second kappa shape index (κ2) is 11.1. The molecule has 7 atom stereocenters. The number of hydrogen-bond acceptors (Lipinski definition) is 11. The molecule has 6 N–H and O–H groups in total. The summed E-state index contributed by atoms with van der Waals surface area (Å²) in [4.78, 5) is 3.96. The van der Waals surface area contributed by atoms with Crippen molar-refractivity contribution in [1.82, 2.24) is 19.7 Å². The van der Waals surface area contributed by atoms with E-state index in [1.165, 1.54) is 10.8 Å². The number of rotatable bonds is 11. The zero-order chi connectivity index (χ0) is 27.8. The number of fused-ring (bicyclic) bond motifs is 1. The van der Waals surface area contributed by atoms with Crippen molar-refractivity contribution in [3.05, 3.63) is 54.5 Å². The largest absolute Gasteiger partial charge is 0.459 e. The SMILES string of the molecule is C[C@H](NP(=O)(OC[C@H]1O[C@@](C)(c2ccc3c(N)ncnn23)[C@H](O)[C@@H]1O)Oc1ccccc1)C(O)OC1CCC1. The smallest absolute Gasteiger partial charge is 0.413 e. The average molecular weight is 564 g/mol. The van der Waals surface area contributed by atoms with Crippen molar-refractivity contribution in [2.24, 2.45) is 0 Å². The zero-order valence-electron chi connectivity index (χ0n) is 21.7. The van der Waals surface area contributed by atoms with Crippen LogP contribution < -0.4 is 15.3 Å². The van der Waals surface area contributed by atoms with Gasteiger partial charge in [0.05, 0.1) is 24.4 Å². The van der Waals surface area contributed by atoms with E-state index < -0.39 is 50.6 Å². The summed E-state index contributed by atoms with van der Waals surface area (Å²) in [5, 5.41) is 39.3. The molecule has 0 bridgehead atoms. The van der Waals surface area contributed by atoms with Crippen molar-refractivity contribution in [2.75, 3.05) is 12.3 Å². The minimum absolute atomic E-state index is 0.0495.